The number of fused-ring (bicyclic) bond motifs is 3. The van der Waals surface area contributed by atoms with Crippen LogP contribution >= 0.6 is 0 Å². The van der Waals surface area contributed by atoms with Gasteiger partial charge in [-0.2, -0.15) is 0 Å². The van der Waals surface area contributed by atoms with E-state index in [1.165, 1.54) is 12.1 Å². The van der Waals surface area contributed by atoms with Gasteiger partial charge in [0.2, 0.25) is 0 Å². The fourth-order valence-electron chi connectivity index (χ4n) is 6.04. The number of rotatable bonds is 9. The number of nitrogens with zero attached hydrogens (tertiary/aromatic N) is 4. The number of methoxy groups -OCH3 is 1. The van der Waals surface area contributed by atoms with Gasteiger partial charge >= 0.3 is 0 Å². The van der Waals surface area contributed by atoms with Gasteiger partial charge in [-0.15, -0.1) is 0 Å². The first-order valence-corrected chi connectivity index (χ1v) is 14.5. The molecule has 2 fully saturated rings. The highest BCUT2D eigenvalue weighted by atomic mass is 19.1. The lowest BCUT2D eigenvalue weighted by molar-refractivity contribution is 0.0775. The van der Waals surface area contributed by atoms with Crippen molar-refractivity contribution in [2.24, 2.45) is 4.99 Å². The highest BCUT2D eigenvalue weighted by Gasteiger charge is 2.31. The van der Waals surface area contributed by atoms with Crippen LogP contribution in [0.4, 0.5) is 15.8 Å². The zero-order chi connectivity index (χ0) is 27.5. The fraction of sp³-hybridized carbons (Fsp3) is 0.438. The molecule has 0 aliphatic carbocycles. The van der Waals surface area contributed by atoms with Crippen LogP contribution in [0.2, 0.25) is 0 Å². The molecule has 3 heterocycles. The lowest BCUT2D eigenvalue weighted by Gasteiger charge is -2.36. The van der Waals surface area contributed by atoms with Gasteiger partial charge < -0.3 is 19.3 Å². The summed E-state index contributed by atoms with van der Waals surface area (Å²) in [5, 5.41) is 1.94. The maximum absolute atomic E-state index is 13.2. The molecule has 0 aromatic heterocycles. The minimum absolute atomic E-state index is 0.0611. The van der Waals surface area contributed by atoms with Crippen molar-refractivity contribution in [3.63, 3.8) is 0 Å². The lowest BCUT2D eigenvalue weighted by atomic mass is 10.0. The first kappa shape index (κ1) is 26.6. The monoisotopic (exact) mass is 544 g/mol. The Morgan fingerprint density at radius 3 is 2.50 bits per heavy atom. The van der Waals surface area contributed by atoms with Crippen LogP contribution in [0.25, 0.3) is 10.8 Å². The summed E-state index contributed by atoms with van der Waals surface area (Å²) in [6.07, 6.45) is 7.12. The quantitative estimate of drug-likeness (QED) is 0.325. The van der Waals surface area contributed by atoms with E-state index in [1.807, 2.05) is 47.5 Å². The van der Waals surface area contributed by atoms with Crippen LogP contribution in [-0.2, 0) is 0 Å². The summed E-state index contributed by atoms with van der Waals surface area (Å²) >= 11 is 0. The predicted molar refractivity (Wildman–Crippen MR) is 157 cm³/mol. The van der Waals surface area contributed by atoms with E-state index in [1.54, 1.807) is 7.11 Å². The Kier molecular flexibility index (Phi) is 7.86. The van der Waals surface area contributed by atoms with Gasteiger partial charge in [0.1, 0.15) is 5.82 Å². The second-order valence-corrected chi connectivity index (χ2v) is 10.9. The van der Waals surface area contributed by atoms with Gasteiger partial charge in [0.25, 0.3) is 5.91 Å². The van der Waals surface area contributed by atoms with Crippen molar-refractivity contribution < 1.29 is 18.7 Å². The molecule has 3 aromatic rings. The molecule has 0 saturated carbocycles. The van der Waals surface area contributed by atoms with Crippen molar-refractivity contribution in [2.75, 3.05) is 57.9 Å². The number of unbranched alkanes of at least 4 members (excludes halogenated alkanes) is 2. The number of ether oxygens (including phenoxy) is 2. The van der Waals surface area contributed by atoms with Crippen LogP contribution in [0, 0.1) is 5.82 Å². The number of piperazine rings is 1. The van der Waals surface area contributed by atoms with Crippen molar-refractivity contribution in [3.8, 4) is 11.5 Å². The predicted octanol–water partition coefficient (Wildman–Crippen LogP) is 5.68. The molecular formula is C32H37FN4O3. The van der Waals surface area contributed by atoms with Gasteiger partial charge in [0.05, 0.1) is 31.0 Å². The van der Waals surface area contributed by atoms with E-state index in [2.05, 4.69) is 14.8 Å². The average Bonchev–Trinajstić information content (AvgIpc) is 3.41. The summed E-state index contributed by atoms with van der Waals surface area (Å²) in [7, 11) is 1.65. The van der Waals surface area contributed by atoms with Crippen LogP contribution in [0.15, 0.2) is 53.5 Å². The largest absolute Gasteiger partial charge is 0.493 e. The van der Waals surface area contributed by atoms with Crippen molar-refractivity contribution in [3.05, 3.63) is 59.9 Å². The molecule has 7 nitrogen and oxygen atoms in total. The number of aliphatic imine (C=N–C) groups is 1. The topological polar surface area (TPSA) is 57.6 Å². The Morgan fingerprint density at radius 2 is 1.70 bits per heavy atom. The van der Waals surface area contributed by atoms with Gasteiger partial charge in [-0.1, -0.05) is 0 Å². The van der Waals surface area contributed by atoms with E-state index < -0.39 is 0 Å². The minimum atomic E-state index is -0.188. The Labute approximate surface area is 235 Å². The van der Waals surface area contributed by atoms with Gasteiger partial charge in [0.15, 0.2) is 11.5 Å². The molecule has 6 rings (SSSR count). The van der Waals surface area contributed by atoms with Gasteiger partial charge in [-0.05, 0) is 98.0 Å². The van der Waals surface area contributed by atoms with Gasteiger partial charge in [-0.25, -0.2) is 4.39 Å². The van der Waals surface area contributed by atoms with E-state index in [0.29, 0.717) is 17.9 Å². The molecule has 210 valence electrons. The zero-order valence-electron chi connectivity index (χ0n) is 23.2. The number of hydrogen-bond acceptors (Lipinski definition) is 6. The molecule has 0 spiro atoms. The van der Waals surface area contributed by atoms with Crippen molar-refractivity contribution in [1.29, 1.82) is 0 Å². The standard InChI is InChI=1S/C32H37FN4O3/c1-39-30-20-23-18-28-29(34-22-27-6-5-12-37(27)32(28)38)19-24(23)21-31(30)40-17-4-2-3-11-35-13-15-36(16-14-35)26-9-7-25(33)8-10-26/h7-10,18-22,27H,2-6,11-17H2,1H3/t27-/m0/s1. The average molecular weight is 545 g/mol. The fourth-order valence-corrected chi connectivity index (χ4v) is 6.04. The molecule has 3 aromatic carbocycles. The Balaban J connectivity index is 0.997. The molecule has 2 saturated heterocycles. The number of carbonyl (C=O) groups is 1. The van der Waals surface area contributed by atoms with E-state index in [4.69, 9.17) is 9.47 Å². The van der Waals surface area contributed by atoms with Crippen molar-refractivity contribution >= 4 is 34.3 Å². The van der Waals surface area contributed by atoms with Crippen LogP contribution < -0.4 is 14.4 Å². The highest BCUT2D eigenvalue weighted by Crippen LogP contribution is 2.37. The smallest absolute Gasteiger partial charge is 0.256 e. The maximum atomic E-state index is 13.2. The lowest BCUT2D eigenvalue weighted by Crippen LogP contribution is -2.46. The summed E-state index contributed by atoms with van der Waals surface area (Å²) in [6, 6.07) is 14.8. The molecule has 40 heavy (non-hydrogen) atoms. The third kappa shape index (κ3) is 5.63. The molecule has 0 unspecified atom stereocenters. The van der Waals surface area contributed by atoms with Crippen LogP contribution in [-0.4, -0.2) is 80.9 Å². The van der Waals surface area contributed by atoms with Crippen molar-refractivity contribution in [2.45, 2.75) is 38.1 Å². The summed E-state index contributed by atoms with van der Waals surface area (Å²) in [6.45, 7) is 6.49. The number of benzene rings is 3. The summed E-state index contributed by atoms with van der Waals surface area (Å²) < 4.78 is 25.0. The Morgan fingerprint density at radius 1 is 0.925 bits per heavy atom. The molecule has 1 atom stereocenters. The first-order chi connectivity index (χ1) is 19.6. The van der Waals surface area contributed by atoms with Crippen LogP contribution in [0.3, 0.4) is 0 Å². The third-order valence-corrected chi connectivity index (χ3v) is 8.35. The molecule has 0 radical (unpaired) electrons. The second kappa shape index (κ2) is 11.8. The van der Waals surface area contributed by atoms with Crippen LogP contribution in [0.5, 0.6) is 11.5 Å². The second-order valence-electron chi connectivity index (χ2n) is 10.9. The molecule has 8 heteroatoms. The van der Waals surface area contributed by atoms with Crippen LogP contribution in [0.1, 0.15) is 42.5 Å². The molecule has 1 amide bonds. The molecule has 0 bridgehead atoms. The molecule has 3 aliphatic heterocycles. The number of anilines is 1. The summed E-state index contributed by atoms with van der Waals surface area (Å²) in [5.41, 5.74) is 2.47. The molecule has 3 aliphatic rings. The highest BCUT2D eigenvalue weighted by molar-refractivity contribution is 6.07. The van der Waals surface area contributed by atoms with E-state index in [-0.39, 0.29) is 17.8 Å². The summed E-state index contributed by atoms with van der Waals surface area (Å²) in [4.78, 5) is 24.6. The third-order valence-electron chi connectivity index (χ3n) is 8.35. The number of halogens is 1. The SMILES string of the molecule is COc1cc2cc3c(cc2cc1OCCCCCN1CCN(c2ccc(F)cc2)CC1)N=C[C@@H]1CCCN1C3=O. The van der Waals surface area contributed by atoms with Gasteiger partial charge in [-0.3, -0.25) is 14.7 Å². The molecular weight excluding hydrogens is 507 g/mol. The maximum Gasteiger partial charge on any atom is 0.256 e. The Hall–Kier alpha value is -3.65. The Bertz CT molecular complexity index is 1390. The van der Waals surface area contributed by atoms with E-state index in [0.717, 1.165) is 99.3 Å². The first-order valence-electron chi connectivity index (χ1n) is 14.5. The minimum Gasteiger partial charge on any atom is -0.493 e. The zero-order valence-corrected chi connectivity index (χ0v) is 23.2. The normalized spacial score (nSPS) is 19.1. The van der Waals surface area contributed by atoms with E-state index in [9.17, 15) is 9.18 Å². The van der Waals surface area contributed by atoms with Crippen molar-refractivity contribution in [1.82, 2.24) is 9.80 Å². The molecule has 0 N–H and O–H groups in total. The summed E-state index contributed by atoms with van der Waals surface area (Å²) in [5.74, 6) is 1.27. The number of hydrogen-bond donors (Lipinski definition) is 0. The number of carbonyl (C=O) groups excluding carboxylic acids is 1. The van der Waals surface area contributed by atoms with Gasteiger partial charge in [0, 0.05) is 44.6 Å². The van der Waals surface area contributed by atoms with E-state index >= 15 is 0 Å². The number of amides is 1.